The second-order valence-corrected chi connectivity index (χ2v) is 6.64. The van der Waals surface area contributed by atoms with Crippen LogP contribution in [-0.4, -0.2) is 54.2 Å². The van der Waals surface area contributed by atoms with Gasteiger partial charge in [0.15, 0.2) is 0 Å². The number of nitrogens with zero attached hydrogens (tertiary/aromatic N) is 2. The van der Waals surface area contributed by atoms with Crippen LogP contribution in [0.2, 0.25) is 0 Å². The first-order chi connectivity index (χ1) is 13.0. The number of likely N-dealkylation sites (N-methyl/N-ethyl adjacent to an activating group) is 1. The minimum Gasteiger partial charge on any atom is -0.395 e. The van der Waals surface area contributed by atoms with Gasteiger partial charge >= 0.3 is 6.03 Å². The van der Waals surface area contributed by atoms with Crippen molar-refractivity contribution in [3.8, 4) is 0 Å². The topological polar surface area (TPSA) is 43.8 Å². The standard InChI is InChI=1S/C21H22F2N2O2/c1-24(9-10-26)21(27)25-13-16(15-5-3-2-4-6-15)11-17(14-25)19-12-18(22)7-8-20(19)23/h2-8,11-12,16,26H,9-10,13-14H2,1H3. The molecule has 0 aliphatic carbocycles. The molecule has 27 heavy (non-hydrogen) atoms. The van der Waals surface area contributed by atoms with Gasteiger partial charge in [-0.1, -0.05) is 36.4 Å². The molecule has 1 heterocycles. The summed E-state index contributed by atoms with van der Waals surface area (Å²) in [4.78, 5) is 15.8. The fraction of sp³-hybridized carbons (Fsp3) is 0.286. The first-order valence-electron chi connectivity index (χ1n) is 8.81. The van der Waals surface area contributed by atoms with Crippen molar-refractivity contribution >= 4 is 11.6 Å². The van der Waals surface area contributed by atoms with E-state index in [1.807, 2.05) is 36.4 Å². The summed E-state index contributed by atoms with van der Waals surface area (Å²) in [6, 6.07) is 12.7. The Balaban J connectivity index is 1.98. The molecule has 1 aliphatic rings. The predicted octanol–water partition coefficient (Wildman–Crippen LogP) is 3.49. The Labute approximate surface area is 157 Å². The zero-order valence-corrected chi connectivity index (χ0v) is 15.1. The number of aliphatic hydroxyl groups is 1. The lowest BCUT2D eigenvalue weighted by Gasteiger charge is -2.35. The highest BCUT2D eigenvalue weighted by atomic mass is 19.1. The maximum Gasteiger partial charge on any atom is 0.320 e. The van der Waals surface area contributed by atoms with Gasteiger partial charge in [-0.3, -0.25) is 0 Å². The molecule has 1 unspecified atom stereocenters. The van der Waals surface area contributed by atoms with Gasteiger partial charge in [-0.15, -0.1) is 0 Å². The van der Waals surface area contributed by atoms with Crippen LogP contribution in [0, 0.1) is 11.6 Å². The van der Waals surface area contributed by atoms with Crippen molar-refractivity contribution in [2.24, 2.45) is 0 Å². The van der Waals surface area contributed by atoms with Crippen molar-refractivity contribution in [1.82, 2.24) is 9.80 Å². The van der Waals surface area contributed by atoms with Crippen LogP contribution in [0.4, 0.5) is 13.6 Å². The van der Waals surface area contributed by atoms with Crippen LogP contribution in [0.25, 0.3) is 5.57 Å². The summed E-state index contributed by atoms with van der Waals surface area (Å²) < 4.78 is 28.0. The molecular formula is C21H22F2N2O2. The summed E-state index contributed by atoms with van der Waals surface area (Å²) in [5, 5.41) is 9.10. The molecule has 1 aliphatic heterocycles. The molecule has 0 aromatic heterocycles. The van der Waals surface area contributed by atoms with Crippen LogP contribution in [0.15, 0.2) is 54.6 Å². The summed E-state index contributed by atoms with van der Waals surface area (Å²) in [6.07, 6.45) is 1.91. The van der Waals surface area contributed by atoms with Crippen LogP contribution < -0.4 is 0 Å². The van der Waals surface area contributed by atoms with Gasteiger partial charge in [0.05, 0.1) is 6.61 Å². The molecule has 0 bridgehead atoms. The maximum absolute atomic E-state index is 14.3. The minimum atomic E-state index is -0.524. The largest absolute Gasteiger partial charge is 0.395 e. The second kappa shape index (κ2) is 8.31. The zero-order chi connectivity index (χ0) is 19.4. The second-order valence-electron chi connectivity index (χ2n) is 6.64. The lowest BCUT2D eigenvalue weighted by Crippen LogP contribution is -2.46. The third-order valence-corrected chi connectivity index (χ3v) is 4.72. The van der Waals surface area contributed by atoms with Crippen LogP contribution >= 0.6 is 0 Å². The zero-order valence-electron chi connectivity index (χ0n) is 15.1. The fourth-order valence-electron chi connectivity index (χ4n) is 3.31. The van der Waals surface area contributed by atoms with E-state index in [2.05, 4.69) is 0 Å². The highest BCUT2D eigenvalue weighted by Crippen LogP contribution is 2.31. The molecule has 0 spiro atoms. The maximum atomic E-state index is 14.3. The number of hydrogen-bond donors (Lipinski definition) is 1. The van der Waals surface area contributed by atoms with Gasteiger partial charge in [-0.2, -0.15) is 0 Å². The van der Waals surface area contributed by atoms with Crippen molar-refractivity contribution in [1.29, 1.82) is 0 Å². The third-order valence-electron chi connectivity index (χ3n) is 4.72. The number of carbonyl (C=O) groups is 1. The summed E-state index contributed by atoms with van der Waals surface area (Å²) in [5.74, 6) is -1.18. The van der Waals surface area contributed by atoms with E-state index >= 15 is 0 Å². The van der Waals surface area contributed by atoms with E-state index < -0.39 is 11.6 Å². The van der Waals surface area contributed by atoms with Crippen molar-refractivity contribution < 1.29 is 18.7 Å². The number of carbonyl (C=O) groups excluding carboxylic acids is 1. The van der Waals surface area contributed by atoms with Gasteiger partial charge < -0.3 is 14.9 Å². The Bertz CT molecular complexity index is 839. The van der Waals surface area contributed by atoms with Gasteiger partial charge in [-0.05, 0) is 29.3 Å². The molecule has 0 saturated heterocycles. The van der Waals surface area contributed by atoms with Crippen molar-refractivity contribution in [2.45, 2.75) is 5.92 Å². The normalized spacial score (nSPS) is 16.8. The van der Waals surface area contributed by atoms with Crippen LogP contribution in [0.5, 0.6) is 0 Å². The van der Waals surface area contributed by atoms with Crippen LogP contribution in [-0.2, 0) is 0 Å². The number of aliphatic hydroxyl groups excluding tert-OH is 1. The Morgan fingerprint density at radius 1 is 1.22 bits per heavy atom. The first-order valence-corrected chi connectivity index (χ1v) is 8.81. The van der Waals surface area contributed by atoms with Crippen molar-refractivity contribution in [2.75, 3.05) is 33.3 Å². The summed E-state index contributed by atoms with van der Waals surface area (Å²) in [6.45, 7) is 0.676. The van der Waals surface area contributed by atoms with E-state index in [0.29, 0.717) is 12.1 Å². The summed E-state index contributed by atoms with van der Waals surface area (Å²) in [5.41, 5.74) is 1.73. The Kier molecular flexibility index (Phi) is 5.86. The van der Waals surface area contributed by atoms with Gasteiger partial charge in [0.2, 0.25) is 0 Å². The lowest BCUT2D eigenvalue weighted by atomic mass is 9.90. The quantitative estimate of drug-likeness (QED) is 0.893. The molecule has 2 amide bonds. The molecule has 1 atom stereocenters. The van der Waals surface area contributed by atoms with Crippen molar-refractivity contribution in [3.63, 3.8) is 0 Å². The molecule has 6 heteroatoms. The van der Waals surface area contributed by atoms with E-state index in [4.69, 9.17) is 5.11 Å². The molecule has 142 valence electrons. The number of hydrogen-bond acceptors (Lipinski definition) is 2. The van der Waals surface area contributed by atoms with Crippen LogP contribution in [0.1, 0.15) is 17.0 Å². The highest BCUT2D eigenvalue weighted by Gasteiger charge is 2.28. The number of urea groups is 1. The predicted molar refractivity (Wildman–Crippen MR) is 100 cm³/mol. The molecule has 0 radical (unpaired) electrons. The number of benzene rings is 2. The van der Waals surface area contributed by atoms with Crippen molar-refractivity contribution in [3.05, 3.63) is 77.4 Å². The monoisotopic (exact) mass is 372 g/mol. The summed E-state index contributed by atoms with van der Waals surface area (Å²) in [7, 11) is 1.61. The molecule has 0 saturated carbocycles. The number of rotatable bonds is 4. The Hall–Kier alpha value is -2.73. The Morgan fingerprint density at radius 3 is 2.67 bits per heavy atom. The van der Waals surface area contributed by atoms with Gasteiger partial charge in [-0.25, -0.2) is 13.6 Å². The van der Waals surface area contributed by atoms with E-state index in [0.717, 1.165) is 23.8 Å². The highest BCUT2D eigenvalue weighted by molar-refractivity contribution is 5.79. The van der Waals surface area contributed by atoms with Crippen LogP contribution in [0.3, 0.4) is 0 Å². The molecular weight excluding hydrogens is 350 g/mol. The third kappa shape index (κ3) is 4.34. The van der Waals surface area contributed by atoms with E-state index in [9.17, 15) is 13.6 Å². The van der Waals surface area contributed by atoms with Gasteiger partial charge in [0, 0.05) is 38.2 Å². The minimum absolute atomic E-state index is 0.135. The number of amides is 2. The molecule has 3 rings (SSSR count). The molecule has 2 aromatic carbocycles. The molecule has 0 fully saturated rings. The van der Waals surface area contributed by atoms with E-state index in [1.54, 1.807) is 11.9 Å². The SMILES string of the molecule is CN(CCO)C(=O)N1CC(c2cc(F)ccc2F)=CC(c2ccccc2)C1. The first kappa shape index (κ1) is 19.0. The molecule has 2 aromatic rings. The van der Waals surface area contributed by atoms with E-state index in [1.165, 1.54) is 4.90 Å². The Morgan fingerprint density at radius 2 is 1.96 bits per heavy atom. The molecule has 1 N–H and O–H groups in total. The average Bonchev–Trinajstić information content (AvgIpc) is 2.69. The van der Waals surface area contributed by atoms with Gasteiger partial charge in [0.1, 0.15) is 11.6 Å². The fourth-order valence-corrected chi connectivity index (χ4v) is 3.31. The smallest absolute Gasteiger partial charge is 0.320 e. The van der Waals surface area contributed by atoms with Gasteiger partial charge in [0.25, 0.3) is 0 Å². The average molecular weight is 372 g/mol. The summed E-state index contributed by atoms with van der Waals surface area (Å²) >= 11 is 0. The van der Waals surface area contributed by atoms with E-state index in [-0.39, 0.29) is 37.2 Å². The molecule has 4 nitrogen and oxygen atoms in total. The lowest BCUT2D eigenvalue weighted by molar-refractivity contribution is 0.154. The number of halogens is 2.